The maximum atomic E-state index is 12.6. The number of ether oxygens (including phenoxy) is 2. The summed E-state index contributed by atoms with van der Waals surface area (Å²) in [6.45, 7) is 0. The first-order chi connectivity index (χ1) is 15.4. The Morgan fingerprint density at radius 2 is 0.938 bits per heavy atom. The Kier molecular flexibility index (Phi) is 7.59. The quantitative estimate of drug-likeness (QED) is 0.666. The molecule has 32 heavy (non-hydrogen) atoms. The highest BCUT2D eigenvalue weighted by Crippen LogP contribution is 2.30. The van der Waals surface area contributed by atoms with Crippen molar-refractivity contribution in [2.75, 3.05) is 24.9 Å². The molecule has 2 aromatic carbocycles. The van der Waals surface area contributed by atoms with Gasteiger partial charge in [-0.1, -0.05) is 0 Å². The number of hydrogen-bond acceptors (Lipinski definition) is 6. The molecule has 2 amide bonds. The molecule has 2 aromatic rings. The lowest BCUT2D eigenvalue weighted by molar-refractivity contribution is -0.125. The van der Waals surface area contributed by atoms with E-state index < -0.39 is 11.9 Å². The van der Waals surface area contributed by atoms with Crippen LogP contribution < -0.4 is 10.6 Å². The van der Waals surface area contributed by atoms with Gasteiger partial charge in [-0.25, -0.2) is 9.59 Å². The van der Waals surface area contributed by atoms with E-state index in [2.05, 4.69) is 20.1 Å². The third kappa shape index (κ3) is 5.72. The number of carbonyl (C=O) groups is 4. The summed E-state index contributed by atoms with van der Waals surface area (Å²) in [6.07, 6.45) is 2.47. The van der Waals surface area contributed by atoms with Crippen LogP contribution in [0, 0.1) is 11.8 Å². The Bertz CT molecular complexity index is 895. The van der Waals surface area contributed by atoms with Crippen molar-refractivity contribution in [1.29, 1.82) is 0 Å². The first-order valence-corrected chi connectivity index (χ1v) is 10.4. The fourth-order valence-electron chi connectivity index (χ4n) is 3.72. The molecule has 0 bridgehead atoms. The third-order valence-electron chi connectivity index (χ3n) is 5.62. The predicted molar refractivity (Wildman–Crippen MR) is 118 cm³/mol. The number of rotatable bonds is 6. The zero-order chi connectivity index (χ0) is 23.1. The Labute approximate surface area is 186 Å². The lowest BCUT2D eigenvalue weighted by atomic mass is 9.81. The van der Waals surface area contributed by atoms with Gasteiger partial charge < -0.3 is 20.1 Å². The van der Waals surface area contributed by atoms with Crippen LogP contribution in [0.1, 0.15) is 46.4 Å². The molecular formula is C24H26N2O6. The average Bonchev–Trinajstić information content (AvgIpc) is 2.84. The van der Waals surface area contributed by atoms with Crippen molar-refractivity contribution >= 4 is 35.1 Å². The fraction of sp³-hybridized carbons (Fsp3) is 0.333. The topological polar surface area (TPSA) is 111 Å². The van der Waals surface area contributed by atoms with Crippen LogP contribution in [0.25, 0.3) is 0 Å². The molecule has 0 aromatic heterocycles. The van der Waals surface area contributed by atoms with Crippen LogP contribution in [0.15, 0.2) is 48.5 Å². The molecule has 2 N–H and O–H groups in total. The van der Waals surface area contributed by atoms with Crippen molar-refractivity contribution in [3.8, 4) is 0 Å². The van der Waals surface area contributed by atoms with Gasteiger partial charge in [-0.3, -0.25) is 9.59 Å². The molecule has 0 aliphatic heterocycles. The van der Waals surface area contributed by atoms with Gasteiger partial charge in [0.1, 0.15) is 0 Å². The molecule has 0 unspecified atom stereocenters. The monoisotopic (exact) mass is 438 g/mol. The molecule has 3 rings (SSSR count). The van der Waals surface area contributed by atoms with E-state index in [0.29, 0.717) is 48.2 Å². The molecule has 1 aliphatic rings. The number of hydrogen-bond donors (Lipinski definition) is 2. The van der Waals surface area contributed by atoms with E-state index in [1.807, 2.05) is 0 Å². The summed E-state index contributed by atoms with van der Waals surface area (Å²) in [4.78, 5) is 48.1. The Morgan fingerprint density at radius 3 is 1.22 bits per heavy atom. The van der Waals surface area contributed by atoms with E-state index in [1.165, 1.54) is 14.2 Å². The van der Waals surface area contributed by atoms with Gasteiger partial charge in [-0.05, 0) is 74.2 Å². The zero-order valence-electron chi connectivity index (χ0n) is 18.1. The van der Waals surface area contributed by atoms with E-state index in [0.717, 1.165) is 0 Å². The van der Waals surface area contributed by atoms with E-state index in [1.54, 1.807) is 48.5 Å². The smallest absolute Gasteiger partial charge is 0.337 e. The van der Waals surface area contributed by atoms with Crippen molar-refractivity contribution in [3.63, 3.8) is 0 Å². The molecular weight excluding hydrogens is 412 g/mol. The summed E-state index contributed by atoms with van der Waals surface area (Å²) in [7, 11) is 2.63. The predicted octanol–water partition coefficient (Wildman–Crippen LogP) is 3.64. The van der Waals surface area contributed by atoms with Crippen LogP contribution in [0.3, 0.4) is 0 Å². The van der Waals surface area contributed by atoms with Gasteiger partial charge in [-0.15, -0.1) is 0 Å². The second-order valence-corrected chi connectivity index (χ2v) is 7.66. The Morgan fingerprint density at radius 1 is 0.625 bits per heavy atom. The minimum atomic E-state index is -0.432. The van der Waals surface area contributed by atoms with Crippen LogP contribution in [0.4, 0.5) is 11.4 Å². The lowest BCUT2D eigenvalue weighted by Gasteiger charge is -2.27. The molecule has 168 valence electrons. The first-order valence-electron chi connectivity index (χ1n) is 10.4. The SMILES string of the molecule is COC(=O)c1ccc(NC(=O)C2CCC(C(=O)Nc3ccc(C(=O)OC)cc3)CC2)cc1. The van der Waals surface area contributed by atoms with Crippen molar-refractivity contribution in [2.45, 2.75) is 25.7 Å². The first kappa shape index (κ1) is 23.0. The molecule has 0 radical (unpaired) electrons. The summed E-state index contributed by atoms with van der Waals surface area (Å²) in [6, 6.07) is 13.0. The van der Waals surface area contributed by atoms with E-state index >= 15 is 0 Å². The van der Waals surface area contributed by atoms with Gasteiger partial charge in [0.15, 0.2) is 0 Å². The molecule has 0 heterocycles. The molecule has 8 nitrogen and oxygen atoms in total. The summed E-state index contributed by atoms with van der Waals surface area (Å²) in [5, 5.41) is 5.74. The largest absolute Gasteiger partial charge is 0.465 e. The molecule has 0 atom stereocenters. The second-order valence-electron chi connectivity index (χ2n) is 7.66. The third-order valence-corrected chi connectivity index (χ3v) is 5.62. The van der Waals surface area contributed by atoms with Crippen molar-refractivity contribution in [3.05, 3.63) is 59.7 Å². The Hall–Kier alpha value is -3.68. The number of benzene rings is 2. The summed E-state index contributed by atoms with van der Waals surface area (Å²) < 4.78 is 9.32. The highest BCUT2D eigenvalue weighted by atomic mass is 16.5. The highest BCUT2D eigenvalue weighted by molar-refractivity contribution is 5.96. The second kappa shape index (κ2) is 10.6. The van der Waals surface area contributed by atoms with Gasteiger partial charge in [-0.2, -0.15) is 0 Å². The zero-order valence-corrected chi connectivity index (χ0v) is 18.1. The number of nitrogens with one attached hydrogen (secondary N) is 2. The van der Waals surface area contributed by atoms with Gasteiger partial charge in [0.05, 0.1) is 25.3 Å². The maximum Gasteiger partial charge on any atom is 0.337 e. The summed E-state index contributed by atoms with van der Waals surface area (Å²) >= 11 is 0. The van der Waals surface area contributed by atoms with Crippen LogP contribution in [0.2, 0.25) is 0 Å². The minimum Gasteiger partial charge on any atom is -0.465 e. The minimum absolute atomic E-state index is 0.0897. The molecule has 0 saturated heterocycles. The van der Waals surface area contributed by atoms with Crippen molar-refractivity contribution < 1.29 is 28.7 Å². The van der Waals surface area contributed by atoms with Gasteiger partial charge in [0.2, 0.25) is 11.8 Å². The molecule has 1 saturated carbocycles. The Balaban J connectivity index is 1.47. The van der Waals surface area contributed by atoms with E-state index in [9.17, 15) is 19.2 Å². The standard InChI is InChI=1S/C24H26N2O6/c1-31-23(29)17-7-11-19(12-8-17)25-21(27)15-3-5-16(6-4-15)22(28)26-20-13-9-18(10-14-20)24(30)32-2/h7-16H,3-6H2,1-2H3,(H,25,27)(H,26,28). The summed E-state index contributed by atoms with van der Waals surface area (Å²) in [5.41, 5.74) is 2.05. The highest BCUT2D eigenvalue weighted by Gasteiger charge is 2.30. The maximum absolute atomic E-state index is 12.6. The van der Waals surface area contributed by atoms with Crippen LogP contribution in [-0.4, -0.2) is 38.0 Å². The average molecular weight is 438 g/mol. The molecule has 1 aliphatic carbocycles. The fourth-order valence-corrected chi connectivity index (χ4v) is 3.72. The number of anilines is 2. The molecule has 8 heteroatoms. The lowest BCUT2D eigenvalue weighted by Crippen LogP contribution is -2.32. The van der Waals surface area contributed by atoms with Gasteiger partial charge in [0, 0.05) is 23.2 Å². The van der Waals surface area contributed by atoms with Crippen LogP contribution in [0.5, 0.6) is 0 Å². The van der Waals surface area contributed by atoms with E-state index in [4.69, 9.17) is 0 Å². The molecule has 1 fully saturated rings. The van der Waals surface area contributed by atoms with Gasteiger partial charge >= 0.3 is 11.9 Å². The normalized spacial score (nSPS) is 17.7. The number of carbonyl (C=O) groups excluding carboxylic acids is 4. The van der Waals surface area contributed by atoms with Crippen molar-refractivity contribution in [1.82, 2.24) is 0 Å². The molecule has 0 spiro atoms. The number of esters is 2. The van der Waals surface area contributed by atoms with Crippen LogP contribution >= 0.6 is 0 Å². The van der Waals surface area contributed by atoms with Gasteiger partial charge in [0.25, 0.3) is 0 Å². The number of methoxy groups -OCH3 is 2. The summed E-state index contributed by atoms with van der Waals surface area (Å²) in [5.74, 6) is -1.38. The van der Waals surface area contributed by atoms with E-state index in [-0.39, 0.29) is 23.7 Å². The number of amides is 2. The van der Waals surface area contributed by atoms with Crippen molar-refractivity contribution in [2.24, 2.45) is 11.8 Å². The van der Waals surface area contributed by atoms with Crippen LogP contribution in [-0.2, 0) is 19.1 Å².